The van der Waals surface area contributed by atoms with Gasteiger partial charge in [-0.15, -0.1) is 5.11 Å². The molecule has 1 aliphatic carbocycles. The van der Waals surface area contributed by atoms with Crippen molar-refractivity contribution in [1.29, 1.82) is 0 Å². The number of aromatic nitrogens is 1. The molecule has 23 heavy (non-hydrogen) atoms. The maximum atomic E-state index is 4.47. The second kappa shape index (κ2) is 5.63. The molecule has 112 valence electrons. The first-order valence-corrected chi connectivity index (χ1v) is 8.18. The Labute approximate surface area is 142 Å². The van der Waals surface area contributed by atoms with Crippen molar-refractivity contribution in [3.05, 3.63) is 76.9 Å². The number of hydrogen-bond donors (Lipinski definition) is 0. The van der Waals surface area contributed by atoms with E-state index in [0.29, 0.717) is 0 Å². The van der Waals surface area contributed by atoms with E-state index < -0.39 is 0 Å². The van der Waals surface area contributed by atoms with Gasteiger partial charge < -0.3 is 4.40 Å². The highest BCUT2D eigenvalue weighted by atomic mass is 79.9. The number of aryl methyl sites for hydroxylation is 1. The van der Waals surface area contributed by atoms with Crippen LogP contribution in [-0.2, 0) is 0 Å². The maximum Gasteiger partial charge on any atom is 0.110 e. The molecular formula is C19H14BrN3. The van der Waals surface area contributed by atoms with Gasteiger partial charge in [0, 0.05) is 21.7 Å². The lowest BCUT2D eigenvalue weighted by Crippen LogP contribution is -1.95. The zero-order valence-corrected chi connectivity index (χ0v) is 14.2. The van der Waals surface area contributed by atoms with Gasteiger partial charge in [-0.1, -0.05) is 28.1 Å². The summed E-state index contributed by atoms with van der Waals surface area (Å²) in [5.74, 6) is 0. The molecule has 0 radical (unpaired) electrons. The third-order valence-corrected chi connectivity index (χ3v) is 4.46. The Morgan fingerprint density at radius 1 is 0.913 bits per heavy atom. The largest absolute Gasteiger partial charge is 0.315 e. The molecule has 0 unspecified atom stereocenters. The predicted octanol–water partition coefficient (Wildman–Crippen LogP) is 6.53. The van der Waals surface area contributed by atoms with Crippen molar-refractivity contribution in [3.8, 4) is 11.3 Å². The van der Waals surface area contributed by atoms with Gasteiger partial charge in [-0.2, -0.15) is 5.11 Å². The molecule has 0 amide bonds. The van der Waals surface area contributed by atoms with Gasteiger partial charge in [0.2, 0.25) is 0 Å². The minimum atomic E-state index is 0.838. The summed E-state index contributed by atoms with van der Waals surface area (Å²) in [5.41, 5.74) is 6.43. The summed E-state index contributed by atoms with van der Waals surface area (Å²) in [6.07, 6.45) is 2.07. The SMILES string of the molecule is Cc1cc2ccccn2c2c(N=Nc3ccc(Br)cc3)ccc1-2. The Balaban J connectivity index is 1.85. The van der Waals surface area contributed by atoms with Crippen molar-refractivity contribution >= 4 is 32.8 Å². The van der Waals surface area contributed by atoms with Crippen LogP contribution in [0.4, 0.5) is 11.4 Å². The Morgan fingerprint density at radius 3 is 2.57 bits per heavy atom. The van der Waals surface area contributed by atoms with E-state index in [0.717, 1.165) is 27.1 Å². The molecule has 0 bridgehead atoms. The average Bonchev–Trinajstić information content (AvgIpc) is 2.99. The van der Waals surface area contributed by atoms with Crippen molar-refractivity contribution in [2.75, 3.05) is 0 Å². The predicted molar refractivity (Wildman–Crippen MR) is 97.1 cm³/mol. The first kappa shape index (κ1) is 14.2. The van der Waals surface area contributed by atoms with Crippen LogP contribution in [-0.4, -0.2) is 4.40 Å². The first-order chi connectivity index (χ1) is 11.2. The van der Waals surface area contributed by atoms with Crippen molar-refractivity contribution in [3.63, 3.8) is 0 Å². The molecule has 0 fully saturated rings. The normalized spacial score (nSPS) is 11.7. The molecule has 0 atom stereocenters. The number of halogens is 1. The molecule has 2 aliphatic rings. The number of pyridine rings is 2. The lowest BCUT2D eigenvalue weighted by atomic mass is 10.1. The Kier molecular flexibility index (Phi) is 3.46. The summed E-state index contributed by atoms with van der Waals surface area (Å²) in [5, 5.41) is 8.84. The first-order valence-electron chi connectivity index (χ1n) is 7.39. The van der Waals surface area contributed by atoms with Gasteiger partial charge in [0.25, 0.3) is 0 Å². The third-order valence-electron chi connectivity index (χ3n) is 3.93. The molecule has 4 heteroatoms. The summed E-state index contributed by atoms with van der Waals surface area (Å²) in [6, 6.07) is 20.3. The highest BCUT2D eigenvalue weighted by Gasteiger charge is 2.15. The lowest BCUT2D eigenvalue weighted by molar-refractivity contribution is 1.14. The van der Waals surface area contributed by atoms with Crippen LogP contribution in [0.3, 0.4) is 0 Å². The molecule has 2 heterocycles. The van der Waals surface area contributed by atoms with E-state index in [1.165, 1.54) is 11.1 Å². The van der Waals surface area contributed by atoms with E-state index in [1.807, 2.05) is 42.5 Å². The number of fused-ring (bicyclic) bond motifs is 3. The molecule has 0 saturated heterocycles. The van der Waals surface area contributed by atoms with Gasteiger partial charge in [0.15, 0.2) is 0 Å². The summed E-state index contributed by atoms with van der Waals surface area (Å²) in [7, 11) is 0. The van der Waals surface area contributed by atoms with Crippen LogP contribution in [0.25, 0.3) is 16.8 Å². The van der Waals surface area contributed by atoms with Crippen LogP contribution in [0.2, 0.25) is 0 Å². The summed E-state index contributed by atoms with van der Waals surface area (Å²) in [6.45, 7) is 2.13. The van der Waals surface area contributed by atoms with E-state index >= 15 is 0 Å². The average molecular weight is 364 g/mol. The fraction of sp³-hybridized carbons (Fsp3) is 0.0526. The quantitative estimate of drug-likeness (QED) is 0.362. The van der Waals surface area contributed by atoms with Gasteiger partial charge >= 0.3 is 0 Å². The smallest absolute Gasteiger partial charge is 0.110 e. The molecule has 3 nitrogen and oxygen atoms in total. The molecule has 0 N–H and O–H groups in total. The van der Waals surface area contributed by atoms with Gasteiger partial charge in [-0.3, -0.25) is 0 Å². The highest BCUT2D eigenvalue weighted by Crippen LogP contribution is 2.38. The standard InChI is InChI=1S/C19H14BrN3/c1-13-12-16-4-2-3-11-23(16)19-17(13)9-10-18(19)22-21-15-7-5-14(20)6-8-15/h2-12H,1H3. The molecule has 4 rings (SSSR count). The van der Waals surface area contributed by atoms with Crippen LogP contribution in [0.15, 0.2) is 81.6 Å². The zero-order valence-electron chi connectivity index (χ0n) is 12.6. The van der Waals surface area contributed by atoms with Crippen molar-refractivity contribution < 1.29 is 0 Å². The Morgan fingerprint density at radius 2 is 1.74 bits per heavy atom. The maximum absolute atomic E-state index is 4.47. The highest BCUT2D eigenvalue weighted by molar-refractivity contribution is 9.10. The van der Waals surface area contributed by atoms with Gasteiger partial charge in [0.05, 0.1) is 11.4 Å². The molecule has 0 saturated carbocycles. The second-order valence-corrected chi connectivity index (χ2v) is 6.40. The van der Waals surface area contributed by atoms with Gasteiger partial charge in [0.1, 0.15) is 5.69 Å². The molecule has 1 aromatic heterocycles. The van der Waals surface area contributed by atoms with Crippen LogP contribution in [0, 0.1) is 6.92 Å². The number of rotatable bonds is 2. The Hall–Kier alpha value is -2.46. The summed E-state index contributed by atoms with van der Waals surface area (Å²) in [4.78, 5) is 0. The fourth-order valence-electron chi connectivity index (χ4n) is 2.81. The van der Waals surface area contributed by atoms with Gasteiger partial charge in [-0.05, 0) is 61.0 Å². The minimum absolute atomic E-state index is 0.838. The minimum Gasteiger partial charge on any atom is -0.315 e. The topological polar surface area (TPSA) is 29.1 Å². The van der Waals surface area contributed by atoms with E-state index in [-0.39, 0.29) is 0 Å². The summed E-state index contributed by atoms with van der Waals surface area (Å²) < 4.78 is 3.20. The third kappa shape index (κ3) is 2.55. The lowest BCUT2D eigenvalue weighted by Gasteiger charge is -2.12. The zero-order chi connectivity index (χ0) is 15.8. The van der Waals surface area contributed by atoms with Crippen molar-refractivity contribution in [2.24, 2.45) is 10.2 Å². The van der Waals surface area contributed by atoms with Crippen LogP contribution in [0.1, 0.15) is 5.56 Å². The summed E-state index contributed by atoms with van der Waals surface area (Å²) >= 11 is 3.43. The number of nitrogens with zero attached hydrogens (tertiary/aromatic N) is 3. The molecular weight excluding hydrogens is 350 g/mol. The molecule has 0 spiro atoms. The van der Waals surface area contributed by atoms with Crippen molar-refractivity contribution in [2.45, 2.75) is 6.92 Å². The fourth-order valence-corrected chi connectivity index (χ4v) is 3.07. The second-order valence-electron chi connectivity index (χ2n) is 5.48. The molecule has 1 aromatic carbocycles. The van der Waals surface area contributed by atoms with E-state index in [9.17, 15) is 0 Å². The number of benzene rings is 1. The van der Waals surface area contributed by atoms with Crippen LogP contribution >= 0.6 is 15.9 Å². The number of hydrogen-bond acceptors (Lipinski definition) is 2. The van der Waals surface area contributed by atoms with Crippen LogP contribution < -0.4 is 0 Å². The van der Waals surface area contributed by atoms with Crippen molar-refractivity contribution in [1.82, 2.24) is 4.40 Å². The molecule has 1 aliphatic heterocycles. The van der Waals surface area contributed by atoms with E-state index in [4.69, 9.17) is 0 Å². The number of azo groups is 1. The van der Waals surface area contributed by atoms with Crippen LogP contribution in [0.5, 0.6) is 0 Å². The monoisotopic (exact) mass is 363 g/mol. The van der Waals surface area contributed by atoms with E-state index in [2.05, 4.69) is 61.9 Å². The Bertz CT molecular complexity index is 983. The van der Waals surface area contributed by atoms with Gasteiger partial charge in [-0.25, -0.2) is 0 Å². The van der Waals surface area contributed by atoms with E-state index in [1.54, 1.807) is 0 Å². The molecule has 2 aromatic rings.